The summed E-state index contributed by atoms with van der Waals surface area (Å²) in [6.45, 7) is 4.39. The molecule has 0 radical (unpaired) electrons. The van der Waals surface area contributed by atoms with Gasteiger partial charge in [0.25, 0.3) is 0 Å². The fourth-order valence-corrected chi connectivity index (χ4v) is 2.39. The molecule has 0 heterocycles. The van der Waals surface area contributed by atoms with Gasteiger partial charge in [0.15, 0.2) is 0 Å². The summed E-state index contributed by atoms with van der Waals surface area (Å²) in [5.41, 5.74) is 0. The molecule has 0 spiro atoms. The predicted molar refractivity (Wildman–Crippen MR) is 58.4 cm³/mol. The van der Waals surface area contributed by atoms with Crippen LogP contribution >= 0.6 is 23.5 Å². The zero-order valence-corrected chi connectivity index (χ0v) is 10.5. The van der Waals surface area contributed by atoms with E-state index in [0.29, 0.717) is 13.2 Å². The third kappa shape index (κ3) is 6.44. The van der Waals surface area contributed by atoms with Crippen LogP contribution in [0.1, 0.15) is 20.3 Å². The van der Waals surface area contributed by atoms with Crippen molar-refractivity contribution in [2.45, 2.75) is 20.3 Å². The first kappa shape index (κ1) is 13.4. The highest BCUT2D eigenvalue weighted by molar-refractivity contribution is 9.09. The molecule has 3 nitrogen and oxygen atoms in total. The Kier molecular flexibility index (Phi) is 7.96. The van der Waals surface area contributed by atoms with Crippen LogP contribution in [0.5, 0.6) is 0 Å². The van der Waals surface area contributed by atoms with Crippen LogP contribution in [0.2, 0.25) is 0 Å². The largest absolute Gasteiger partial charge is 0.353 e. The lowest BCUT2D eigenvalue weighted by Gasteiger charge is -2.12. The molecule has 0 unspecified atom stereocenters. The molecular formula is C8H16BrO3P. The molecule has 0 atom stereocenters. The molecule has 0 aliphatic heterocycles. The van der Waals surface area contributed by atoms with Crippen LogP contribution < -0.4 is 0 Å². The van der Waals surface area contributed by atoms with Crippen molar-refractivity contribution < 1.29 is 13.6 Å². The van der Waals surface area contributed by atoms with Crippen molar-refractivity contribution in [2.75, 3.05) is 18.5 Å². The van der Waals surface area contributed by atoms with Gasteiger partial charge in [-0.1, -0.05) is 22.0 Å². The highest BCUT2D eigenvalue weighted by Crippen LogP contribution is 2.49. The minimum Gasteiger partial charge on any atom is -0.306 e. The Morgan fingerprint density at radius 2 is 1.85 bits per heavy atom. The Morgan fingerprint density at radius 1 is 1.31 bits per heavy atom. The summed E-state index contributed by atoms with van der Waals surface area (Å²) in [7, 11) is -2.95. The zero-order chi connectivity index (χ0) is 10.2. The van der Waals surface area contributed by atoms with Gasteiger partial charge in [-0.15, -0.1) is 0 Å². The molecule has 0 N–H and O–H groups in total. The van der Waals surface area contributed by atoms with Crippen molar-refractivity contribution in [2.24, 2.45) is 0 Å². The van der Waals surface area contributed by atoms with Gasteiger partial charge >= 0.3 is 7.60 Å². The highest BCUT2D eigenvalue weighted by Gasteiger charge is 2.18. The second-order valence-electron chi connectivity index (χ2n) is 2.24. The van der Waals surface area contributed by atoms with E-state index in [0.717, 1.165) is 11.8 Å². The fraction of sp³-hybridized carbons (Fsp3) is 0.750. The first-order valence-electron chi connectivity index (χ1n) is 4.31. The van der Waals surface area contributed by atoms with Crippen molar-refractivity contribution in [3.05, 3.63) is 11.9 Å². The van der Waals surface area contributed by atoms with Crippen LogP contribution in [0.25, 0.3) is 0 Å². The second kappa shape index (κ2) is 7.74. The van der Waals surface area contributed by atoms with Gasteiger partial charge in [-0.2, -0.15) is 0 Å². The van der Waals surface area contributed by atoms with Crippen molar-refractivity contribution in [3.8, 4) is 0 Å². The molecule has 0 aromatic rings. The van der Waals surface area contributed by atoms with Gasteiger partial charge in [0.1, 0.15) is 0 Å². The molecule has 13 heavy (non-hydrogen) atoms. The van der Waals surface area contributed by atoms with Crippen LogP contribution in [0.15, 0.2) is 11.9 Å². The molecule has 0 aromatic heterocycles. The Bertz CT molecular complexity index is 184. The number of alkyl halides is 1. The van der Waals surface area contributed by atoms with E-state index in [2.05, 4.69) is 15.9 Å². The van der Waals surface area contributed by atoms with Crippen molar-refractivity contribution in [1.29, 1.82) is 0 Å². The van der Waals surface area contributed by atoms with Gasteiger partial charge < -0.3 is 9.05 Å². The molecule has 0 aliphatic rings. The SMILES string of the molecule is CCOP(=O)(/C=C/CCBr)OCC. The summed E-state index contributed by atoms with van der Waals surface area (Å²) in [5.74, 6) is 1.53. The van der Waals surface area contributed by atoms with Gasteiger partial charge in [0.05, 0.1) is 13.2 Å². The average molecular weight is 271 g/mol. The van der Waals surface area contributed by atoms with E-state index in [9.17, 15) is 4.57 Å². The van der Waals surface area contributed by atoms with E-state index >= 15 is 0 Å². The molecule has 0 aliphatic carbocycles. The summed E-state index contributed by atoms with van der Waals surface area (Å²) >= 11 is 3.27. The summed E-state index contributed by atoms with van der Waals surface area (Å²) in [4.78, 5) is 0. The number of allylic oxidation sites excluding steroid dienone is 1. The van der Waals surface area contributed by atoms with Gasteiger partial charge in [-0.05, 0) is 20.3 Å². The quantitative estimate of drug-likeness (QED) is 0.524. The third-order valence-electron chi connectivity index (χ3n) is 1.18. The molecule has 78 valence electrons. The van der Waals surface area contributed by atoms with Crippen molar-refractivity contribution in [1.82, 2.24) is 0 Å². The van der Waals surface area contributed by atoms with E-state index in [-0.39, 0.29) is 0 Å². The van der Waals surface area contributed by atoms with Gasteiger partial charge in [-0.3, -0.25) is 4.57 Å². The number of rotatable bonds is 7. The van der Waals surface area contributed by atoms with E-state index in [1.165, 1.54) is 5.82 Å². The summed E-state index contributed by atoms with van der Waals surface area (Å²) < 4.78 is 21.8. The molecule has 0 bridgehead atoms. The molecular weight excluding hydrogens is 255 g/mol. The maximum Gasteiger partial charge on any atom is 0.353 e. The minimum atomic E-state index is -2.95. The van der Waals surface area contributed by atoms with Gasteiger partial charge in [0.2, 0.25) is 0 Å². The van der Waals surface area contributed by atoms with Gasteiger partial charge in [-0.25, -0.2) is 0 Å². The second-order valence-corrected chi connectivity index (χ2v) is 4.93. The summed E-state index contributed by atoms with van der Waals surface area (Å²) in [5, 5.41) is 0.849. The molecule has 5 heteroatoms. The maximum atomic E-state index is 11.7. The molecule has 0 saturated carbocycles. The Balaban J connectivity index is 4.14. The lowest BCUT2D eigenvalue weighted by Crippen LogP contribution is -1.92. The normalized spacial score (nSPS) is 12.5. The van der Waals surface area contributed by atoms with E-state index in [4.69, 9.17) is 9.05 Å². The number of hydrogen-bond donors (Lipinski definition) is 0. The maximum absolute atomic E-state index is 11.7. The monoisotopic (exact) mass is 270 g/mol. The third-order valence-corrected chi connectivity index (χ3v) is 3.45. The molecule has 0 fully saturated rings. The number of halogens is 1. The predicted octanol–water partition coefficient (Wildman–Crippen LogP) is 3.55. The molecule has 0 saturated heterocycles. The van der Waals surface area contributed by atoms with Crippen molar-refractivity contribution >= 4 is 23.5 Å². The van der Waals surface area contributed by atoms with E-state index in [1.807, 2.05) is 0 Å². The molecule has 0 amide bonds. The lowest BCUT2D eigenvalue weighted by molar-refractivity contribution is 0.229. The van der Waals surface area contributed by atoms with E-state index < -0.39 is 7.60 Å². The Morgan fingerprint density at radius 3 is 2.23 bits per heavy atom. The summed E-state index contributed by atoms with van der Waals surface area (Å²) in [6, 6.07) is 0. The van der Waals surface area contributed by atoms with Crippen LogP contribution in [0.3, 0.4) is 0 Å². The van der Waals surface area contributed by atoms with Crippen molar-refractivity contribution in [3.63, 3.8) is 0 Å². The van der Waals surface area contributed by atoms with Crippen LogP contribution in [0, 0.1) is 0 Å². The topological polar surface area (TPSA) is 35.5 Å². The Labute approximate surface area is 88.2 Å². The fourth-order valence-electron chi connectivity index (χ4n) is 0.750. The van der Waals surface area contributed by atoms with E-state index in [1.54, 1.807) is 19.9 Å². The first-order chi connectivity index (χ1) is 6.18. The summed E-state index contributed by atoms with van der Waals surface area (Å²) in [6.07, 6.45) is 2.63. The number of hydrogen-bond acceptors (Lipinski definition) is 3. The Hall–Kier alpha value is 0.370. The average Bonchev–Trinajstić information content (AvgIpc) is 2.05. The smallest absolute Gasteiger partial charge is 0.306 e. The lowest BCUT2D eigenvalue weighted by atomic mass is 10.5. The zero-order valence-electron chi connectivity index (χ0n) is 8.03. The standard InChI is InChI=1S/C8H16BrO3P/c1-3-11-13(10,12-4-2)8-6-5-7-9/h6,8H,3-5,7H2,1-2H3/b8-6+. The molecule has 0 aromatic carbocycles. The van der Waals surface area contributed by atoms with Crippen LogP contribution in [-0.2, 0) is 13.6 Å². The van der Waals surface area contributed by atoms with Gasteiger partial charge in [0, 0.05) is 11.1 Å². The van der Waals surface area contributed by atoms with Crippen LogP contribution in [0.4, 0.5) is 0 Å². The minimum absolute atomic E-state index is 0.399. The molecule has 0 rings (SSSR count). The van der Waals surface area contributed by atoms with Crippen LogP contribution in [-0.4, -0.2) is 18.5 Å². The first-order valence-corrected chi connectivity index (χ1v) is 7.04. The highest BCUT2D eigenvalue weighted by atomic mass is 79.9.